The van der Waals surface area contributed by atoms with Crippen molar-refractivity contribution in [2.45, 2.75) is 20.3 Å². The smallest absolute Gasteiger partial charge is 0.139 e. The molecule has 0 fully saturated rings. The summed E-state index contributed by atoms with van der Waals surface area (Å²) in [6, 6.07) is 7.55. The topological polar surface area (TPSA) is 49.8 Å². The van der Waals surface area contributed by atoms with E-state index in [-0.39, 0.29) is 0 Å². The first kappa shape index (κ1) is 13.6. The average molecular weight is 277 g/mol. The number of benzene rings is 1. The summed E-state index contributed by atoms with van der Waals surface area (Å²) in [6.07, 6.45) is 2.43. The number of rotatable bonds is 5. The van der Waals surface area contributed by atoms with Crippen molar-refractivity contribution in [2.24, 2.45) is 0 Å². The fraction of sp³-hybridized carbons (Fsp3) is 0.286. The number of nitrogens with one attached hydrogen (secondary N) is 2. The van der Waals surface area contributed by atoms with Gasteiger partial charge in [0.2, 0.25) is 0 Å². The van der Waals surface area contributed by atoms with Gasteiger partial charge in [0, 0.05) is 22.8 Å². The van der Waals surface area contributed by atoms with E-state index >= 15 is 0 Å². The Morgan fingerprint density at radius 3 is 2.37 bits per heavy atom. The predicted octanol–water partition coefficient (Wildman–Crippen LogP) is 3.87. The van der Waals surface area contributed by atoms with Crippen LogP contribution in [0.25, 0.3) is 0 Å². The molecule has 1 aromatic carbocycles. The van der Waals surface area contributed by atoms with Crippen molar-refractivity contribution in [2.75, 3.05) is 17.2 Å². The molecule has 2 aromatic rings. The van der Waals surface area contributed by atoms with E-state index in [0.717, 1.165) is 40.9 Å². The second-order valence-electron chi connectivity index (χ2n) is 4.07. The van der Waals surface area contributed by atoms with Crippen LogP contribution in [0.1, 0.15) is 19.4 Å². The van der Waals surface area contributed by atoms with Gasteiger partial charge in [0.15, 0.2) is 0 Å². The summed E-state index contributed by atoms with van der Waals surface area (Å²) >= 11 is 5.88. The van der Waals surface area contributed by atoms with E-state index in [0.29, 0.717) is 0 Å². The minimum absolute atomic E-state index is 0.720. The molecule has 0 aliphatic heterocycles. The summed E-state index contributed by atoms with van der Waals surface area (Å²) < 4.78 is 0. The van der Waals surface area contributed by atoms with Crippen molar-refractivity contribution >= 4 is 28.9 Å². The lowest BCUT2D eigenvalue weighted by Gasteiger charge is -2.13. The highest BCUT2D eigenvalue weighted by Gasteiger charge is 2.09. The number of anilines is 3. The van der Waals surface area contributed by atoms with Crippen molar-refractivity contribution in [1.29, 1.82) is 0 Å². The summed E-state index contributed by atoms with van der Waals surface area (Å²) in [6.45, 7) is 4.98. The van der Waals surface area contributed by atoms with Crippen molar-refractivity contribution in [3.05, 3.63) is 41.2 Å². The molecule has 0 unspecified atom stereocenters. The Hall–Kier alpha value is -1.81. The van der Waals surface area contributed by atoms with Gasteiger partial charge in [-0.1, -0.05) is 18.5 Å². The minimum atomic E-state index is 0.720. The zero-order valence-corrected chi connectivity index (χ0v) is 11.8. The number of hydrogen-bond donors (Lipinski definition) is 2. The summed E-state index contributed by atoms with van der Waals surface area (Å²) in [5.41, 5.74) is 2.04. The number of hydrogen-bond acceptors (Lipinski definition) is 4. The molecule has 4 nitrogen and oxygen atoms in total. The molecule has 0 radical (unpaired) electrons. The first-order valence-electron chi connectivity index (χ1n) is 6.35. The van der Waals surface area contributed by atoms with Crippen LogP contribution in [0, 0.1) is 0 Å². The largest absolute Gasteiger partial charge is 0.370 e. The standard InChI is InChI=1S/C14H17ClN4/c1-3-12-13(16-4-2)17-9-18-14(12)19-11-7-5-10(15)6-8-11/h5-9H,3-4H2,1-2H3,(H2,16,17,18,19). The number of nitrogens with zero attached hydrogens (tertiary/aromatic N) is 2. The highest BCUT2D eigenvalue weighted by molar-refractivity contribution is 6.30. The maximum atomic E-state index is 5.88. The maximum Gasteiger partial charge on any atom is 0.139 e. The van der Waals surface area contributed by atoms with Crippen molar-refractivity contribution < 1.29 is 0 Å². The second-order valence-corrected chi connectivity index (χ2v) is 4.50. The van der Waals surface area contributed by atoms with Crippen molar-refractivity contribution in [3.8, 4) is 0 Å². The Morgan fingerprint density at radius 2 is 1.74 bits per heavy atom. The maximum absolute atomic E-state index is 5.88. The highest BCUT2D eigenvalue weighted by atomic mass is 35.5. The lowest BCUT2D eigenvalue weighted by molar-refractivity contribution is 1.03. The molecule has 1 aromatic heterocycles. The van der Waals surface area contributed by atoms with Gasteiger partial charge in [-0.05, 0) is 37.6 Å². The zero-order chi connectivity index (χ0) is 13.7. The van der Waals surface area contributed by atoms with Gasteiger partial charge >= 0.3 is 0 Å². The van der Waals surface area contributed by atoms with Crippen molar-refractivity contribution in [3.63, 3.8) is 0 Å². The van der Waals surface area contributed by atoms with Gasteiger partial charge in [0.05, 0.1) is 0 Å². The molecule has 0 amide bonds. The molecule has 0 saturated carbocycles. The lowest BCUT2D eigenvalue weighted by atomic mass is 10.2. The van der Waals surface area contributed by atoms with Crippen LogP contribution in [-0.2, 0) is 6.42 Å². The summed E-state index contributed by atoms with van der Waals surface area (Å²) in [4.78, 5) is 8.59. The molecule has 2 rings (SSSR count). The fourth-order valence-electron chi connectivity index (χ4n) is 1.84. The van der Waals surface area contributed by atoms with E-state index in [1.807, 2.05) is 31.2 Å². The van der Waals surface area contributed by atoms with Crippen LogP contribution in [0.2, 0.25) is 5.02 Å². The molecule has 0 aliphatic carbocycles. The minimum Gasteiger partial charge on any atom is -0.370 e. The molecule has 0 atom stereocenters. The monoisotopic (exact) mass is 276 g/mol. The normalized spacial score (nSPS) is 10.3. The molecular weight excluding hydrogens is 260 g/mol. The van der Waals surface area contributed by atoms with Gasteiger partial charge in [-0.3, -0.25) is 0 Å². The van der Waals surface area contributed by atoms with Crippen LogP contribution in [0.4, 0.5) is 17.3 Å². The third-order valence-corrected chi connectivity index (χ3v) is 3.00. The molecule has 2 N–H and O–H groups in total. The van der Waals surface area contributed by atoms with Crippen LogP contribution in [0.5, 0.6) is 0 Å². The third kappa shape index (κ3) is 3.35. The summed E-state index contributed by atoms with van der Waals surface area (Å²) in [7, 11) is 0. The Bertz CT molecular complexity index is 540. The molecular formula is C14H17ClN4. The molecule has 1 heterocycles. The number of aromatic nitrogens is 2. The summed E-state index contributed by atoms with van der Waals surface area (Å²) in [5.74, 6) is 1.72. The van der Waals surface area contributed by atoms with Gasteiger partial charge in [-0.2, -0.15) is 0 Å². The van der Waals surface area contributed by atoms with E-state index in [9.17, 15) is 0 Å². The predicted molar refractivity (Wildman–Crippen MR) is 80.3 cm³/mol. The Kier molecular flexibility index (Phi) is 4.58. The average Bonchev–Trinajstić information content (AvgIpc) is 2.42. The van der Waals surface area contributed by atoms with Gasteiger partial charge < -0.3 is 10.6 Å². The van der Waals surface area contributed by atoms with Crippen LogP contribution >= 0.6 is 11.6 Å². The Labute approximate surface area is 118 Å². The molecule has 19 heavy (non-hydrogen) atoms. The van der Waals surface area contributed by atoms with Crippen LogP contribution in [-0.4, -0.2) is 16.5 Å². The van der Waals surface area contributed by atoms with E-state index < -0.39 is 0 Å². The molecule has 0 aliphatic rings. The third-order valence-electron chi connectivity index (χ3n) is 2.75. The van der Waals surface area contributed by atoms with Crippen LogP contribution in [0.15, 0.2) is 30.6 Å². The molecule has 100 valence electrons. The molecule has 0 saturated heterocycles. The SMILES string of the molecule is CCNc1ncnc(Nc2ccc(Cl)cc2)c1CC. The van der Waals surface area contributed by atoms with E-state index in [4.69, 9.17) is 11.6 Å². The number of halogens is 1. The Balaban J connectivity index is 2.28. The molecule has 0 bridgehead atoms. The summed E-state index contributed by atoms with van der Waals surface area (Å²) in [5, 5.41) is 7.27. The second kappa shape index (κ2) is 6.38. The zero-order valence-electron chi connectivity index (χ0n) is 11.1. The van der Waals surface area contributed by atoms with Crippen LogP contribution < -0.4 is 10.6 Å². The van der Waals surface area contributed by atoms with Gasteiger partial charge in [-0.25, -0.2) is 9.97 Å². The molecule has 0 spiro atoms. The van der Waals surface area contributed by atoms with Gasteiger partial charge in [0.1, 0.15) is 18.0 Å². The lowest BCUT2D eigenvalue weighted by Crippen LogP contribution is -2.07. The fourth-order valence-corrected chi connectivity index (χ4v) is 1.97. The molecule has 5 heteroatoms. The van der Waals surface area contributed by atoms with Crippen molar-refractivity contribution in [1.82, 2.24) is 9.97 Å². The van der Waals surface area contributed by atoms with Gasteiger partial charge in [0.25, 0.3) is 0 Å². The van der Waals surface area contributed by atoms with E-state index in [1.165, 1.54) is 0 Å². The van der Waals surface area contributed by atoms with E-state index in [2.05, 4.69) is 27.5 Å². The van der Waals surface area contributed by atoms with E-state index in [1.54, 1.807) is 6.33 Å². The highest BCUT2D eigenvalue weighted by Crippen LogP contribution is 2.24. The Morgan fingerprint density at radius 1 is 1.05 bits per heavy atom. The van der Waals surface area contributed by atoms with Crippen LogP contribution in [0.3, 0.4) is 0 Å². The first-order valence-corrected chi connectivity index (χ1v) is 6.72. The van der Waals surface area contributed by atoms with Gasteiger partial charge in [-0.15, -0.1) is 0 Å². The quantitative estimate of drug-likeness (QED) is 0.870. The first-order chi connectivity index (χ1) is 9.24.